The second kappa shape index (κ2) is 8.92. The normalized spacial score (nSPS) is 13.1. The number of carbonyl (C=O) groups excluding carboxylic acids is 2. The summed E-state index contributed by atoms with van der Waals surface area (Å²) < 4.78 is 10.3. The highest BCUT2D eigenvalue weighted by Crippen LogP contribution is 2.44. The largest absolute Gasteiger partial charge is 0.508 e. The summed E-state index contributed by atoms with van der Waals surface area (Å²) in [6, 6.07) is 21.7. The van der Waals surface area contributed by atoms with Crippen LogP contribution in [0.15, 0.2) is 72.8 Å². The molecule has 0 saturated heterocycles. The van der Waals surface area contributed by atoms with Crippen molar-refractivity contribution in [1.29, 1.82) is 0 Å². The van der Waals surface area contributed by atoms with E-state index in [4.69, 9.17) is 9.47 Å². The van der Waals surface area contributed by atoms with Gasteiger partial charge in [0.1, 0.15) is 18.4 Å². The number of phenolic OH excluding ortho intramolecular Hbond substituents is 1. The number of ether oxygens (including phenoxy) is 2. The maximum atomic E-state index is 12.5. The molecule has 0 saturated carbocycles. The van der Waals surface area contributed by atoms with Crippen molar-refractivity contribution in [1.82, 2.24) is 5.32 Å². The summed E-state index contributed by atoms with van der Waals surface area (Å²) >= 11 is 0. The Morgan fingerprint density at radius 3 is 2.10 bits per heavy atom. The van der Waals surface area contributed by atoms with E-state index in [2.05, 4.69) is 17.4 Å². The van der Waals surface area contributed by atoms with Gasteiger partial charge in [-0.25, -0.2) is 9.59 Å². The fourth-order valence-corrected chi connectivity index (χ4v) is 3.99. The highest BCUT2D eigenvalue weighted by molar-refractivity contribution is 5.82. The van der Waals surface area contributed by atoms with Crippen molar-refractivity contribution in [2.45, 2.75) is 18.4 Å². The van der Waals surface area contributed by atoms with Crippen LogP contribution in [0.3, 0.4) is 0 Å². The smallest absolute Gasteiger partial charge is 0.407 e. The third kappa shape index (κ3) is 4.38. The molecule has 0 bridgehead atoms. The average Bonchev–Trinajstić information content (AvgIpc) is 3.12. The molecule has 1 unspecified atom stereocenters. The van der Waals surface area contributed by atoms with Crippen LogP contribution < -0.4 is 5.32 Å². The van der Waals surface area contributed by atoms with E-state index in [1.807, 2.05) is 36.4 Å². The van der Waals surface area contributed by atoms with Crippen molar-refractivity contribution in [3.8, 4) is 16.9 Å². The summed E-state index contributed by atoms with van der Waals surface area (Å²) in [5, 5.41) is 12.0. The molecule has 3 aromatic carbocycles. The van der Waals surface area contributed by atoms with E-state index < -0.39 is 18.1 Å². The molecular formula is C25H23NO5. The monoisotopic (exact) mass is 417 g/mol. The molecule has 1 aliphatic carbocycles. The van der Waals surface area contributed by atoms with Gasteiger partial charge in [0.15, 0.2) is 0 Å². The number of hydrogen-bond acceptors (Lipinski definition) is 5. The van der Waals surface area contributed by atoms with E-state index in [9.17, 15) is 14.7 Å². The van der Waals surface area contributed by atoms with Crippen LogP contribution in [0, 0.1) is 0 Å². The standard InChI is InChI=1S/C25H23NO5/c1-30-24(28)23(14-16-10-12-17(27)13-11-16)26-25(29)31-15-22-20-8-4-2-6-18(20)19-7-3-5-9-21(19)22/h2-13,22-23,27H,14-15H2,1H3,(H,26,29). The number of rotatable bonds is 6. The van der Waals surface area contributed by atoms with Gasteiger partial charge in [-0.1, -0.05) is 60.7 Å². The molecule has 4 rings (SSSR count). The highest BCUT2D eigenvalue weighted by atomic mass is 16.6. The van der Waals surface area contributed by atoms with Crippen molar-refractivity contribution in [3.63, 3.8) is 0 Å². The van der Waals surface area contributed by atoms with Crippen LogP contribution in [0.2, 0.25) is 0 Å². The Kier molecular flexibility index (Phi) is 5.89. The van der Waals surface area contributed by atoms with Crippen LogP contribution in [0.5, 0.6) is 5.75 Å². The molecule has 1 atom stereocenters. The molecular weight excluding hydrogens is 394 g/mol. The van der Waals surface area contributed by atoms with Gasteiger partial charge in [-0.05, 0) is 39.9 Å². The SMILES string of the molecule is COC(=O)C(Cc1ccc(O)cc1)NC(=O)OCC1c2ccccc2-c2ccccc21. The van der Waals surface area contributed by atoms with E-state index in [1.54, 1.807) is 12.1 Å². The van der Waals surface area contributed by atoms with E-state index in [0.29, 0.717) is 0 Å². The average molecular weight is 417 g/mol. The highest BCUT2D eigenvalue weighted by Gasteiger charge is 2.30. The first-order valence-corrected chi connectivity index (χ1v) is 10.0. The van der Waals surface area contributed by atoms with Gasteiger partial charge in [-0.2, -0.15) is 0 Å². The van der Waals surface area contributed by atoms with Crippen LogP contribution in [-0.2, 0) is 20.7 Å². The van der Waals surface area contributed by atoms with Crippen molar-refractivity contribution < 1.29 is 24.2 Å². The van der Waals surface area contributed by atoms with Gasteiger partial charge in [-0.3, -0.25) is 0 Å². The summed E-state index contributed by atoms with van der Waals surface area (Å²) in [7, 11) is 1.27. The minimum atomic E-state index is -0.898. The molecule has 31 heavy (non-hydrogen) atoms. The second-order valence-electron chi connectivity index (χ2n) is 7.42. The quantitative estimate of drug-likeness (QED) is 0.592. The maximum Gasteiger partial charge on any atom is 0.407 e. The number of benzene rings is 3. The minimum absolute atomic E-state index is 0.0631. The molecule has 1 amide bonds. The first kappa shape index (κ1) is 20.5. The predicted octanol–water partition coefficient (Wildman–Crippen LogP) is 4.02. The van der Waals surface area contributed by atoms with Crippen LogP contribution >= 0.6 is 0 Å². The predicted molar refractivity (Wildman–Crippen MR) is 116 cm³/mol. The summed E-state index contributed by atoms with van der Waals surface area (Å²) in [6.45, 7) is 0.160. The van der Waals surface area contributed by atoms with E-state index in [1.165, 1.54) is 19.2 Å². The van der Waals surface area contributed by atoms with E-state index >= 15 is 0 Å². The van der Waals surface area contributed by atoms with Gasteiger partial charge < -0.3 is 19.9 Å². The second-order valence-corrected chi connectivity index (χ2v) is 7.42. The van der Waals surface area contributed by atoms with Crippen LogP contribution in [0.25, 0.3) is 11.1 Å². The van der Waals surface area contributed by atoms with Crippen LogP contribution in [0.4, 0.5) is 4.79 Å². The van der Waals surface area contributed by atoms with Gasteiger partial charge in [0, 0.05) is 12.3 Å². The molecule has 158 valence electrons. The number of fused-ring (bicyclic) bond motifs is 3. The number of alkyl carbamates (subject to hydrolysis) is 1. The number of phenols is 1. The zero-order chi connectivity index (χ0) is 21.8. The first-order valence-electron chi connectivity index (χ1n) is 10.0. The molecule has 6 nitrogen and oxygen atoms in total. The third-order valence-corrected chi connectivity index (χ3v) is 5.50. The number of hydrogen-bond donors (Lipinski definition) is 2. The molecule has 2 N–H and O–H groups in total. The van der Waals surface area contributed by atoms with Gasteiger partial charge in [-0.15, -0.1) is 0 Å². The zero-order valence-corrected chi connectivity index (χ0v) is 17.1. The third-order valence-electron chi connectivity index (χ3n) is 5.50. The molecule has 0 heterocycles. The van der Waals surface area contributed by atoms with E-state index in [0.717, 1.165) is 27.8 Å². The number of esters is 1. The number of methoxy groups -OCH3 is 1. The Balaban J connectivity index is 1.44. The number of nitrogens with one attached hydrogen (secondary N) is 1. The van der Waals surface area contributed by atoms with Crippen molar-refractivity contribution >= 4 is 12.1 Å². The Labute approximate surface area is 180 Å². The molecule has 0 fully saturated rings. The zero-order valence-electron chi connectivity index (χ0n) is 17.1. The van der Waals surface area contributed by atoms with Crippen molar-refractivity contribution in [3.05, 3.63) is 89.5 Å². The maximum absolute atomic E-state index is 12.5. The number of aromatic hydroxyl groups is 1. The Bertz CT molecular complexity index is 1050. The molecule has 0 spiro atoms. The Hall–Kier alpha value is -3.80. The molecule has 0 aromatic heterocycles. The lowest BCUT2D eigenvalue weighted by molar-refractivity contribution is -0.143. The lowest BCUT2D eigenvalue weighted by Crippen LogP contribution is -2.43. The number of amides is 1. The topological polar surface area (TPSA) is 84.9 Å². The van der Waals surface area contributed by atoms with Crippen LogP contribution in [0.1, 0.15) is 22.6 Å². The summed E-state index contributed by atoms with van der Waals surface area (Å²) in [6.07, 6.45) is -0.465. The summed E-state index contributed by atoms with van der Waals surface area (Å²) in [5.41, 5.74) is 5.29. The molecule has 1 aliphatic rings. The summed E-state index contributed by atoms with van der Waals surface area (Å²) in [4.78, 5) is 24.7. The first-order chi connectivity index (χ1) is 15.1. The van der Waals surface area contributed by atoms with E-state index in [-0.39, 0.29) is 24.7 Å². The Morgan fingerprint density at radius 1 is 0.935 bits per heavy atom. The molecule has 3 aromatic rings. The van der Waals surface area contributed by atoms with Gasteiger partial charge in [0.2, 0.25) is 0 Å². The molecule has 0 radical (unpaired) electrons. The molecule has 0 aliphatic heterocycles. The van der Waals surface area contributed by atoms with Gasteiger partial charge >= 0.3 is 12.1 Å². The van der Waals surface area contributed by atoms with Crippen molar-refractivity contribution in [2.75, 3.05) is 13.7 Å². The lowest BCUT2D eigenvalue weighted by Gasteiger charge is -2.18. The lowest BCUT2D eigenvalue weighted by atomic mass is 9.98. The Morgan fingerprint density at radius 2 is 1.52 bits per heavy atom. The fraction of sp³-hybridized carbons (Fsp3) is 0.200. The van der Waals surface area contributed by atoms with Crippen LogP contribution in [-0.4, -0.2) is 36.9 Å². The number of carbonyl (C=O) groups is 2. The fourth-order valence-electron chi connectivity index (χ4n) is 3.99. The minimum Gasteiger partial charge on any atom is -0.508 e. The molecule has 6 heteroatoms. The van der Waals surface area contributed by atoms with Gasteiger partial charge in [0.25, 0.3) is 0 Å². The van der Waals surface area contributed by atoms with Crippen molar-refractivity contribution in [2.24, 2.45) is 0 Å². The van der Waals surface area contributed by atoms with Gasteiger partial charge in [0.05, 0.1) is 7.11 Å². The summed E-state index contributed by atoms with van der Waals surface area (Å²) in [5.74, 6) is -0.503.